The molecule has 5 nitrogen and oxygen atoms in total. The first-order valence-electron chi connectivity index (χ1n) is 6.62. The maximum absolute atomic E-state index is 12.4. The molecule has 1 aromatic carbocycles. The second-order valence-corrected chi connectivity index (χ2v) is 5.34. The Balaban J connectivity index is 0.00000220. The summed E-state index contributed by atoms with van der Waals surface area (Å²) in [7, 11) is 0. The van der Waals surface area contributed by atoms with E-state index in [-0.39, 0.29) is 24.2 Å². The zero-order chi connectivity index (χ0) is 14.7. The molecule has 1 heterocycles. The number of rotatable bonds is 3. The summed E-state index contributed by atoms with van der Waals surface area (Å²) in [4.78, 5) is 25.7. The third kappa shape index (κ3) is 4.09. The Morgan fingerprint density at radius 2 is 2.14 bits per heavy atom. The quantitative estimate of drug-likeness (QED) is 0.885. The molecule has 1 saturated heterocycles. The van der Waals surface area contributed by atoms with Crippen LogP contribution in [-0.2, 0) is 9.59 Å². The topological polar surface area (TPSA) is 75.4 Å². The predicted molar refractivity (Wildman–Crippen MR) is 85.9 cm³/mol. The number of para-hydroxylation sites is 1. The number of carbonyl (C=O) groups is 2. The lowest BCUT2D eigenvalue weighted by Gasteiger charge is -2.33. The predicted octanol–water partition coefficient (Wildman–Crippen LogP) is 1.72. The Morgan fingerprint density at radius 1 is 1.48 bits per heavy atom. The normalized spacial score (nSPS) is 19.7. The summed E-state index contributed by atoms with van der Waals surface area (Å²) in [5.74, 6) is -0.456. The van der Waals surface area contributed by atoms with E-state index >= 15 is 0 Å². The maximum atomic E-state index is 12.4. The standard InChI is InChI=1S/C14H18ClN3O2.ClH/c1-9(16)13(19)17-11-6-4-8-18(14(11)20)12-7-3-2-5-10(12)15;/h2-3,5,7,9,11H,4,6,8,16H2,1H3,(H,17,19);1H/t9-,11?;/m0./s1. The second kappa shape index (κ2) is 7.64. The highest BCUT2D eigenvalue weighted by molar-refractivity contribution is 6.33. The van der Waals surface area contributed by atoms with Gasteiger partial charge < -0.3 is 16.0 Å². The zero-order valence-corrected chi connectivity index (χ0v) is 13.3. The first kappa shape index (κ1) is 17.8. The molecule has 0 aromatic heterocycles. The summed E-state index contributed by atoms with van der Waals surface area (Å²) in [6.45, 7) is 2.20. The van der Waals surface area contributed by atoms with E-state index in [1.807, 2.05) is 12.1 Å². The van der Waals surface area contributed by atoms with E-state index in [2.05, 4.69) is 5.32 Å². The molecule has 3 N–H and O–H groups in total. The summed E-state index contributed by atoms with van der Waals surface area (Å²) < 4.78 is 0. The minimum atomic E-state index is -0.626. The molecular weight excluding hydrogens is 313 g/mol. The van der Waals surface area contributed by atoms with Crippen molar-refractivity contribution in [2.45, 2.75) is 31.8 Å². The van der Waals surface area contributed by atoms with Crippen molar-refractivity contribution in [2.24, 2.45) is 5.73 Å². The number of halogens is 2. The third-order valence-corrected chi connectivity index (χ3v) is 3.63. The van der Waals surface area contributed by atoms with Crippen LogP contribution >= 0.6 is 24.0 Å². The van der Waals surface area contributed by atoms with Crippen molar-refractivity contribution in [3.63, 3.8) is 0 Å². The van der Waals surface area contributed by atoms with E-state index in [1.54, 1.807) is 24.0 Å². The Labute approximate surface area is 135 Å². The SMILES string of the molecule is C[C@H](N)C(=O)NC1CCCN(c2ccccc2Cl)C1=O.Cl. The average Bonchev–Trinajstić information content (AvgIpc) is 2.42. The Bertz CT molecular complexity index is 523. The number of benzene rings is 1. The van der Waals surface area contributed by atoms with Crippen LogP contribution in [0, 0.1) is 0 Å². The molecule has 0 bridgehead atoms. The molecule has 116 valence electrons. The molecule has 7 heteroatoms. The van der Waals surface area contributed by atoms with Gasteiger partial charge in [0.25, 0.3) is 0 Å². The number of anilines is 1. The van der Waals surface area contributed by atoms with Gasteiger partial charge in [0.05, 0.1) is 16.8 Å². The van der Waals surface area contributed by atoms with Gasteiger partial charge >= 0.3 is 0 Å². The average molecular weight is 332 g/mol. The molecule has 0 saturated carbocycles. The Kier molecular flexibility index (Phi) is 6.45. The van der Waals surface area contributed by atoms with Crippen LogP contribution in [0.3, 0.4) is 0 Å². The van der Waals surface area contributed by atoms with Crippen molar-refractivity contribution in [3.05, 3.63) is 29.3 Å². The lowest BCUT2D eigenvalue weighted by atomic mass is 10.0. The summed E-state index contributed by atoms with van der Waals surface area (Å²) in [5, 5.41) is 3.22. The summed E-state index contributed by atoms with van der Waals surface area (Å²) in [5.41, 5.74) is 6.19. The van der Waals surface area contributed by atoms with Crippen molar-refractivity contribution < 1.29 is 9.59 Å². The van der Waals surface area contributed by atoms with Gasteiger partial charge in [0, 0.05) is 6.54 Å². The van der Waals surface area contributed by atoms with Crippen molar-refractivity contribution in [1.29, 1.82) is 0 Å². The molecule has 2 atom stereocenters. The largest absolute Gasteiger partial charge is 0.343 e. The fourth-order valence-corrected chi connectivity index (χ4v) is 2.46. The number of amides is 2. The molecule has 0 aliphatic carbocycles. The van der Waals surface area contributed by atoms with E-state index in [0.717, 1.165) is 6.42 Å². The van der Waals surface area contributed by atoms with Crippen LogP contribution in [0.5, 0.6) is 0 Å². The number of nitrogens with zero attached hydrogens (tertiary/aromatic N) is 1. The van der Waals surface area contributed by atoms with Crippen molar-refractivity contribution >= 4 is 41.5 Å². The van der Waals surface area contributed by atoms with E-state index in [0.29, 0.717) is 23.7 Å². The van der Waals surface area contributed by atoms with E-state index < -0.39 is 12.1 Å². The van der Waals surface area contributed by atoms with Crippen molar-refractivity contribution in [2.75, 3.05) is 11.4 Å². The molecule has 1 aromatic rings. The molecule has 2 amide bonds. The number of hydrogen-bond donors (Lipinski definition) is 2. The highest BCUT2D eigenvalue weighted by atomic mass is 35.5. The molecule has 21 heavy (non-hydrogen) atoms. The molecule has 0 spiro atoms. The van der Waals surface area contributed by atoms with Crippen molar-refractivity contribution in [3.8, 4) is 0 Å². The van der Waals surface area contributed by atoms with Crippen LogP contribution in [0.4, 0.5) is 5.69 Å². The van der Waals surface area contributed by atoms with Crippen LogP contribution in [0.2, 0.25) is 5.02 Å². The number of nitrogens with one attached hydrogen (secondary N) is 1. The maximum Gasteiger partial charge on any atom is 0.249 e. The minimum Gasteiger partial charge on any atom is -0.343 e. The lowest BCUT2D eigenvalue weighted by Crippen LogP contribution is -2.55. The minimum absolute atomic E-state index is 0. The van der Waals surface area contributed by atoms with Crippen molar-refractivity contribution in [1.82, 2.24) is 5.32 Å². The number of hydrogen-bond acceptors (Lipinski definition) is 3. The summed E-state index contributed by atoms with van der Waals surface area (Å²) >= 11 is 6.13. The zero-order valence-electron chi connectivity index (χ0n) is 11.7. The monoisotopic (exact) mass is 331 g/mol. The molecule has 0 radical (unpaired) electrons. The van der Waals surface area contributed by atoms with Gasteiger partial charge in [-0.05, 0) is 31.9 Å². The van der Waals surface area contributed by atoms with Gasteiger partial charge in [-0.3, -0.25) is 9.59 Å². The summed E-state index contributed by atoms with van der Waals surface area (Å²) in [6, 6.07) is 6.04. The van der Waals surface area contributed by atoms with E-state index in [9.17, 15) is 9.59 Å². The van der Waals surface area contributed by atoms with E-state index in [4.69, 9.17) is 17.3 Å². The fourth-order valence-electron chi connectivity index (χ4n) is 2.22. The first-order valence-corrected chi connectivity index (χ1v) is 7.00. The van der Waals surface area contributed by atoms with Gasteiger partial charge in [0.1, 0.15) is 6.04 Å². The highest BCUT2D eigenvalue weighted by Gasteiger charge is 2.31. The molecule has 1 aliphatic heterocycles. The smallest absolute Gasteiger partial charge is 0.249 e. The first-order chi connectivity index (χ1) is 9.50. The fraction of sp³-hybridized carbons (Fsp3) is 0.429. The van der Waals surface area contributed by atoms with Gasteiger partial charge in [-0.25, -0.2) is 0 Å². The number of piperidine rings is 1. The third-order valence-electron chi connectivity index (χ3n) is 3.31. The highest BCUT2D eigenvalue weighted by Crippen LogP contribution is 2.28. The van der Waals surface area contributed by atoms with Crippen LogP contribution in [-0.4, -0.2) is 30.4 Å². The van der Waals surface area contributed by atoms with Gasteiger partial charge in [0.2, 0.25) is 11.8 Å². The van der Waals surface area contributed by atoms with Crippen LogP contribution in [0.25, 0.3) is 0 Å². The van der Waals surface area contributed by atoms with Crippen LogP contribution < -0.4 is 16.0 Å². The molecule has 2 rings (SSSR count). The van der Waals surface area contributed by atoms with Gasteiger partial charge in [-0.2, -0.15) is 0 Å². The van der Waals surface area contributed by atoms with Crippen LogP contribution in [0.1, 0.15) is 19.8 Å². The van der Waals surface area contributed by atoms with Crippen LogP contribution in [0.15, 0.2) is 24.3 Å². The van der Waals surface area contributed by atoms with Gasteiger partial charge in [-0.1, -0.05) is 23.7 Å². The van der Waals surface area contributed by atoms with E-state index in [1.165, 1.54) is 0 Å². The molecule has 1 aliphatic rings. The second-order valence-electron chi connectivity index (χ2n) is 4.93. The Morgan fingerprint density at radius 3 is 2.76 bits per heavy atom. The molecule has 1 fully saturated rings. The van der Waals surface area contributed by atoms with Gasteiger partial charge in [0.15, 0.2) is 0 Å². The molecule has 1 unspecified atom stereocenters. The Hall–Kier alpha value is -1.30. The molecular formula is C14H19Cl2N3O2. The number of carbonyl (C=O) groups excluding carboxylic acids is 2. The number of nitrogens with two attached hydrogens (primary N) is 1. The lowest BCUT2D eigenvalue weighted by molar-refractivity contribution is -0.128. The van der Waals surface area contributed by atoms with Gasteiger partial charge in [-0.15, -0.1) is 12.4 Å². The summed E-state index contributed by atoms with van der Waals surface area (Å²) in [6.07, 6.45) is 1.43.